The Labute approximate surface area is 184 Å². The highest BCUT2D eigenvalue weighted by molar-refractivity contribution is 14.0. The highest BCUT2D eigenvalue weighted by Crippen LogP contribution is 2.24. The first kappa shape index (κ1) is 22.3. The molecule has 2 atom stereocenters. The molecule has 5 nitrogen and oxygen atoms in total. The minimum atomic E-state index is -0.0373. The fourth-order valence-electron chi connectivity index (χ4n) is 3.46. The van der Waals surface area contributed by atoms with E-state index in [4.69, 9.17) is 21.3 Å². The van der Waals surface area contributed by atoms with E-state index in [1.807, 2.05) is 31.2 Å². The molecular weight excluding hydrogens is 475 g/mol. The molecular formula is C20H30ClIN4O. The molecule has 150 valence electrons. The lowest BCUT2D eigenvalue weighted by Gasteiger charge is -2.25. The van der Waals surface area contributed by atoms with Gasteiger partial charge in [0, 0.05) is 38.8 Å². The van der Waals surface area contributed by atoms with Crippen LogP contribution in [0.25, 0.3) is 0 Å². The second kappa shape index (κ2) is 11.1. The first-order valence-electron chi connectivity index (χ1n) is 9.51. The summed E-state index contributed by atoms with van der Waals surface area (Å²) in [7, 11) is 0. The third kappa shape index (κ3) is 6.26. The maximum Gasteiger partial charge on any atom is 0.194 e. The van der Waals surface area contributed by atoms with Crippen molar-refractivity contribution < 1.29 is 4.74 Å². The number of likely N-dealkylation sites (tertiary alicyclic amines) is 1. The van der Waals surface area contributed by atoms with Crippen LogP contribution in [-0.4, -0.2) is 67.2 Å². The summed E-state index contributed by atoms with van der Waals surface area (Å²) in [6, 6.07) is 8.18. The Bertz CT molecular complexity index is 647. The van der Waals surface area contributed by atoms with E-state index in [2.05, 4.69) is 34.2 Å². The largest absolute Gasteiger partial charge is 0.487 e. The van der Waals surface area contributed by atoms with Crippen molar-refractivity contribution >= 4 is 41.5 Å². The fraction of sp³-hybridized carbons (Fsp3) is 0.550. The molecule has 27 heavy (non-hydrogen) atoms. The summed E-state index contributed by atoms with van der Waals surface area (Å²) in [6.07, 6.45) is 5.67. The van der Waals surface area contributed by atoms with Crippen molar-refractivity contribution in [3.8, 4) is 5.75 Å². The molecule has 1 N–H and O–H groups in total. The maximum atomic E-state index is 6.17. The van der Waals surface area contributed by atoms with E-state index in [9.17, 15) is 0 Å². The van der Waals surface area contributed by atoms with Gasteiger partial charge in [-0.25, -0.2) is 4.99 Å². The standard InChI is InChI=1S/C20H29ClN4O.HI/c1-3-22-20(25-13-10-17(15-25)24-11-6-7-12-24)23-14-16(2)26-19-9-5-4-8-18(19)21;/h4-9,16-17H,3,10-15H2,1-2H3,(H,22,23);1H. The third-order valence-electron chi connectivity index (χ3n) is 4.82. The Balaban J connectivity index is 0.00000261. The number of aliphatic imine (C=N–C) groups is 1. The molecule has 3 rings (SSSR count). The van der Waals surface area contributed by atoms with E-state index in [0.717, 1.165) is 38.7 Å². The normalized spacial score (nSPS) is 21.2. The number of para-hydroxylation sites is 1. The second-order valence-electron chi connectivity index (χ2n) is 6.87. The SMILES string of the molecule is CCNC(=NCC(C)Oc1ccccc1Cl)N1CCC(N2CC=CC2)C1.I. The average Bonchev–Trinajstić information content (AvgIpc) is 3.32. The van der Waals surface area contributed by atoms with Crippen molar-refractivity contribution in [1.82, 2.24) is 15.1 Å². The number of guanidine groups is 1. The molecule has 1 aromatic carbocycles. The van der Waals surface area contributed by atoms with Crippen LogP contribution in [0.3, 0.4) is 0 Å². The summed E-state index contributed by atoms with van der Waals surface area (Å²) in [5, 5.41) is 4.06. The van der Waals surface area contributed by atoms with Crippen LogP contribution in [0.1, 0.15) is 20.3 Å². The van der Waals surface area contributed by atoms with E-state index < -0.39 is 0 Å². The number of benzene rings is 1. The van der Waals surface area contributed by atoms with Gasteiger partial charge in [0.25, 0.3) is 0 Å². The van der Waals surface area contributed by atoms with Crippen molar-refractivity contribution in [2.24, 2.45) is 4.99 Å². The van der Waals surface area contributed by atoms with Crippen molar-refractivity contribution in [3.05, 3.63) is 41.4 Å². The molecule has 1 aromatic rings. The van der Waals surface area contributed by atoms with Gasteiger partial charge in [0.1, 0.15) is 11.9 Å². The van der Waals surface area contributed by atoms with E-state index in [1.165, 1.54) is 6.42 Å². The Morgan fingerprint density at radius 2 is 2.07 bits per heavy atom. The van der Waals surface area contributed by atoms with E-state index in [0.29, 0.717) is 23.4 Å². The van der Waals surface area contributed by atoms with Gasteiger partial charge in [0.2, 0.25) is 0 Å². The Morgan fingerprint density at radius 1 is 1.33 bits per heavy atom. The quantitative estimate of drug-likeness (QED) is 0.278. The second-order valence-corrected chi connectivity index (χ2v) is 7.27. The minimum Gasteiger partial charge on any atom is -0.487 e. The van der Waals surface area contributed by atoms with Gasteiger partial charge >= 0.3 is 0 Å². The molecule has 0 radical (unpaired) electrons. The molecule has 0 aliphatic carbocycles. The van der Waals surface area contributed by atoms with E-state index in [1.54, 1.807) is 0 Å². The van der Waals surface area contributed by atoms with Crippen LogP contribution in [0.15, 0.2) is 41.4 Å². The summed E-state index contributed by atoms with van der Waals surface area (Å²) in [6.45, 7) is 9.84. The van der Waals surface area contributed by atoms with Crippen LogP contribution in [0.4, 0.5) is 0 Å². The lowest BCUT2D eigenvalue weighted by Crippen LogP contribution is -2.43. The van der Waals surface area contributed by atoms with Gasteiger partial charge in [-0.05, 0) is 32.4 Å². The van der Waals surface area contributed by atoms with Crippen molar-refractivity contribution in [3.63, 3.8) is 0 Å². The van der Waals surface area contributed by atoms with Gasteiger partial charge < -0.3 is 15.0 Å². The number of hydrogen-bond acceptors (Lipinski definition) is 3. The molecule has 2 heterocycles. The zero-order chi connectivity index (χ0) is 18.4. The van der Waals surface area contributed by atoms with Crippen molar-refractivity contribution in [2.45, 2.75) is 32.4 Å². The number of nitrogens with zero attached hydrogens (tertiary/aromatic N) is 3. The summed E-state index contributed by atoms with van der Waals surface area (Å²) in [5.41, 5.74) is 0. The summed E-state index contributed by atoms with van der Waals surface area (Å²) < 4.78 is 5.94. The Hall–Kier alpha value is -0.990. The van der Waals surface area contributed by atoms with E-state index >= 15 is 0 Å². The van der Waals surface area contributed by atoms with E-state index in [-0.39, 0.29) is 30.1 Å². The summed E-state index contributed by atoms with van der Waals surface area (Å²) in [5.74, 6) is 1.70. The van der Waals surface area contributed by atoms with Crippen molar-refractivity contribution in [1.29, 1.82) is 0 Å². The first-order valence-corrected chi connectivity index (χ1v) is 9.88. The molecule has 0 amide bonds. The molecule has 0 aromatic heterocycles. The summed E-state index contributed by atoms with van der Waals surface area (Å²) in [4.78, 5) is 9.72. The average molecular weight is 505 g/mol. The number of nitrogens with one attached hydrogen (secondary N) is 1. The third-order valence-corrected chi connectivity index (χ3v) is 5.14. The van der Waals surface area contributed by atoms with Crippen LogP contribution in [0, 0.1) is 0 Å². The van der Waals surface area contributed by atoms with Crippen LogP contribution in [-0.2, 0) is 0 Å². The lowest BCUT2D eigenvalue weighted by molar-refractivity contribution is 0.229. The molecule has 2 unspecified atom stereocenters. The molecule has 1 saturated heterocycles. The molecule has 1 fully saturated rings. The maximum absolute atomic E-state index is 6.17. The Morgan fingerprint density at radius 3 is 2.78 bits per heavy atom. The topological polar surface area (TPSA) is 40.1 Å². The predicted molar refractivity (Wildman–Crippen MR) is 124 cm³/mol. The lowest BCUT2D eigenvalue weighted by atomic mass is 10.2. The monoisotopic (exact) mass is 504 g/mol. The van der Waals surface area contributed by atoms with Crippen LogP contribution in [0.5, 0.6) is 5.75 Å². The number of halogens is 2. The molecule has 0 saturated carbocycles. The number of hydrogen-bond donors (Lipinski definition) is 1. The first-order chi connectivity index (χ1) is 12.7. The van der Waals surface area contributed by atoms with Crippen molar-refractivity contribution in [2.75, 3.05) is 39.3 Å². The van der Waals surface area contributed by atoms with Gasteiger partial charge in [0.15, 0.2) is 5.96 Å². The zero-order valence-electron chi connectivity index (χ0n) is 16.1. The fourth-order valence-corrected chi connectivity index (χ4v) is 3.64. The van der Waals surface area contributed by atoms with Crippen LogP contribution >= 0.6 is 35.6 Å². The van der Waals surface area contributed by atoms with Crippen LogP contribution in [0.2, 0.25) is 5.02 Å². The highest BCUT2D eigenvalue weighted by Gasteiger charge is 2.29. The van der Waals surface area contributed by atoms with Crippen LogP contribution < -0.4 is 10.1 Å². The minimum absolute atomic E-state index is 0. The summed E-state index contributed by atoms with van der Waals surface area (Å²) >= 11 is 6.17. The predicted octanol–water partition coefficient (Wildman–Crippen LogP) is 3.64. The van der Waals surface area contributed by atoms with Gasteiger partial charge in [-0.3, -0.25) is 4.90 Å². The zero-order valence-corrected chi connectivity index (χ0v) is 19.2. The molecule has 2 aliphatic heterocycles. The smallest absolute Gasteiger partial charge is 0.194 e. The van der Waals surface area contributed by atoms with Gasteiger partial charge in [-0.1, -0.05) is 35.9 Å². The molecule has 0 bridgehead atoms. The molecule has 7 heteroatoms. The van der Waals surface area contributed by atoms with Gasteiger partial charge in [0.05, 0.1) is 11.6 Å². The highest BCUT2D eigenvalue weighted by atomic mass is 127. The Kier molecular flexibility index (Phi) is 9.18. The molecule has 2 aliphatic rings. The number of ether oxygens (including phenoxy) is 1. The molecule has 0 spiro atoms. The van der Waals surface area contributed by atoms with Gasteiger partial charge in [-0.15, -0.1) is 24.0 Å². The number of rotatable bonds is 6. The van der Waals surface area contributed by atoms with Gasteiger partial charge in [-0.2, -0.15) is 0 Å².